The molecular weight excluding hydrogens is 423 g/mol. The highest BCUT2D eigenvalue weighted by Gasteiger charge is 2.44. The van der Waals surface area contributed by atoms with E-state index in [-0.39, 0.29) is 11.3 Å². The summed E-state index contributed by atoms with van der Waals surface area (Å²) in [4.78, 5) is 30.2. The first-order chi connectivity index (χ1) is 15.9. The number of rotatable bonds is 9. The van der Waals surface area contributed by atoms with Crippen molar-refractivity contribution >= 4 is 22.7 Å². The van der Waals surface area contributed by atoms with Crippen molar-refractivity contribution < 1.29 is 23.5 Å². The standard InChI is InChI=1S/C26H27FN2O4/c1-3-28(4-2)14-7-15-29-23(17-10-12-19(27)13-11-17)22(25(31)26(29)32)24(30)21-16-18-8-5-6-9-20(18)33-21/h5-6,8-13,16,23,31H,3-4,7,14-15H2,1-2H3/t23-/m1/s1. The fourth-order valence-corrected chi connectivity index (χ4v) is 4.34. The number of para-hydroxylation sites is 1. The minimum Gasteiger partial charge on any atom is -0.503 e. The number of hydrogen-bond donors (Lipinski definition) is 1. The van der Waals surface area contributed by atoms with Crippen LogP contribution in [0.3, 0.4) is 0 Å². The molecule has 0 spiro atoms. The summed E-state index contributed by atoms with van der Waals surface area (Å²) in [5.74, 6) is -2.13. The van der Waals surface area contributed by atoms with Crippen molar-refractivity contribution in [2.75, 3.05) is 26.2 Å². The van der Waals surface area contributed by atoms with E-state index in [1.807, 2.05) is 12.1 Å². The molecule has 1 aromatic heterocycles. The van der Waals surface area contributed by atoms with Crippen molar-refractivity contribution in [3.05, 3.63) is 83.1 Å². The van der Waals surface area contributed by atoms with Crippen molar-refractivity contribution in [2.24, 2.45) is 0 Å². The summed E-state index contributed by atoms with van der Waals surface area (Å²) in [7, 11) is 0. The smallest absolute Gasteiger partial charge is 0.290 e. The Kier molecular flexibility index (Phi) is 6.60. The molecule has 0 aliphatic carbocycles. The molecule has 2 aromatic carbocycles. The number of nitrogens with zero attached hydrogens (tertiary/aromatic N) is 2. The van der Waals surface area contributed by atoms with E-state index >= 15 is 0 Å². The van der Waals surface area contributed by atoms with E-state index in [2.05, 4.69) is 18.7 Å². The normalized spacial score (nSPS) is 16.4. The minimum atomic E-state index is -0.824. The van der Waals surface area contributed by atoms with Gasteiger partial charge in [-0.25, -0.2) is 4.39 Å². The Morgan fingerprint density at radius 2 is 1.82 bits per heavy atom. The lowest BCUT2D eigenvalue weighted by Crippen LogP contribution is -2.34. The van der Waals surface area contributed by atoms with E-state index in [9.17, 15) is 19.1 Å². The van der Waals surface area contributed by atoms with Gasteiger partial charge < -0.3 is 19.3 Å². The molecule has 0 fully saturated rings. The maximum absolute atomic E-state index is 13.6. The van der Waals surface area contributed by atoms with Crippen LogP contribution in [0.1, 0.15) is 42.4 Å². The molecule has 0 saturated carbocycles. The molecule has 1 N–H and O–H groups in total. The van der Waals surface area contributed by atoms with Gasteiger partial charge in [-0.05, 0) is 55.9 Å². The molecule has 1 aliphatic rings. The third-order valence-electron chi connectivity index (χ3n) is 6.15. The Hall–Kier alpha value is -3.45. The van der Waals surface area contributed by atoms with Crippen molar-refractivity contribution in [3.63, 3.8) is 0 Å². The highest BCUT2D eigenvalue weighted by molar-refractivity contribution is 6.16. The maximum atomic E-state index is 13.6. The Morgan fingerprint density at radius 1 is 1.12 bits per heavy atom. The molecular formula is C26H27FN2O4. The molecule has 0 bridgehead atoms. The molecule has 0 unspecified atom stereocenters. The van der Waals surface area contributed by atoms with Crippen LogP contribution in [0.15, 0.2) is 70.3 Å². The summed E-state index contributed by atoms with van der Waals surface area (Å²) >= 11 is 0. The molecule has 3 aromatic rings. The van der Waals surface area contributed by atoms with E-state index in [1.165, 1.54) is 29.2 Å². The van der Waals surface area contributed by atoms with E-state index in [0.29, 0.717) is 24.1 Å². The molecule has 0 radical (unpaired) electrons. The van der Waals surface area contributed by atoms with Crippen molar-refractivity contribution in [3.8, 4) is 0 Å². The number of ketones is 1. The lowest BCUT2D eigenvalue weighted by Gasteiger charge is -2.28. The lowest BCUT2D eigenvalue weighted by molar-refractivity contribution is -0.129. The number of Topliss-reactive ketones (excluding diaryl/α,β-unsaturated/α-hetero) is 1. The minimum absolute atomic E-state index is 0.0441. The summed E-state index contributed by atoms with van der Waals surface area (Å²) in [6, 6.07) is 13.6. The Balaban J connectivity index is 1.69. The lowest BCUT2D eigenvalue weighted by atomic mass is 9.95. The number of carbonyl (C=O) groups is 2. The Morgan fingerprint density at radius 3 is 2.48 bits per heavy atom. The van der Waals surface area contributed by atoms with Gasteiger partial charge in [-0.3, -0.25) is 9.59 Å². The summed E-state index contributed by atoms with van der Waals surface area (Å²) in [6.07, 6.45) is 0.671. The van der Waals surface area contributed by atoms with E-state index in [0.717, 1.165) is 25.0 Å². The molecule has 33 heavy (non-hydrogen) atoms. The van der Waals surface area contributed by atoms with Crippen molar-refractivity contribution in [1.82, 2.24) is 9.80 Å². The number of aliphatic hydroxyl groups is 1. The first kappa shape index (κ1) is 22.7. The fourth-order valence-electron chi connectivity index (χ4n) is 4.34. The Labute approximate surface area is 191 Å². The number of carbonyl (C=O) groups excluding carboxylic acids is 2. The summed E-state index contributed by atoms with van der Waals surface area (Å²) < 4.78 is 19.3. The zero-order valence-electron chi connectivity index (χ0n) is 18.8. The van der Waals surface area contributed by atoms with Crippen LogP contribution in [0.4, 0.5) is 4.39 Å². The van der Waals surface area contributed by atoms with Crippen LogP contribution >= 0.6 is 0 Å². The van der Waals surface area contributed by atoms with Crippen LogP contribution in [-0.4, -0.2) is 52.8 Å². The summed E-state index contributed by atoms with van der Waals surface area (Å²) in [5.41, 5.74) is 1.05. The van der Waals surface area contributed by atoms with Crippen LogP contribution in [0, 0.1) is 5.82 Å². The van der Waals surface area contributed by atoms with Gasteiger partial charge in [0.15, 0.2) is 11.5 Å². The number of aliphatic hydroxyl groups excluding tert-OH is 1. The molecule has 7 heteroatoms. The SMILES string of the molecule is CCN(CC)CCCN1C(=O)C(O)=C(C(=O)c2cc3ccccc3o2)[C@H]1c1ccc(F)cc1. The zero-order valence-corrected chi connectivity index (χ0v) is 18.8. The van der Waals surface area contributed by atoms with Crippen LogP contribution in [0.2, 0.25) is 0 Å². The number of halogens is 1. The molecule has 0 saturated heterocycles. The molecule has 172 valence electrons. The van der Waals surface area contributed by atoms with Gasteiger partial charge in [-0.15, -0.1) is 0 Å². The molecule has 6 nitrogen and oxygen atoms in total. The second-order valence-corrected chi connectivity index (χ2v) is 8.07. The van der Waals surface area contributed by atoms with Gasteiger partial charge in [-0.2, -0.15) is 0 Å². The third kappa shape index (κ3) is 4.41. The van der Waals surface area contributed by atoms with E-state index in [4.69, 9.17) is 4.42 Å². The number of fused-ring (bicyclic) bond motifs is 1. The largest absolute Gasteiger partial charge is 0.503 e. The monoisotopic (exact) mass is 450 g/mol. The Bertz CT molecular complexity index is 1160. The molecule has 1 amide bonds. The number of furan rings is 1. The summed E-state index contributed by atoms with van der Waals surface area (Å²) in [6.45, 7) is 7.06. The fraction of sp³-hybridized carbons (Fsp3) is 0.308. The predicted octanol–water partition coefficient (Wildman–Crippen LogP) is 4.88. The van der Waals surface area contributed by atoms with Gasteiger partial charge in [0, 0.05) is 11.9 Å². The highest BCUT2D eigenvalue weighted by Crippen LogP contribution is 2.39. The zero-order chi connectivity index (χ0) is 23.5. The van der Waals surface area contributed by atoms with Crippen molar-refractivity contribution in [2.45, 2.75) is 26.3 Å². The van der Waals surface area contributed by atoms with Gasteiger partial charge in [0.2, 0.25) is 5.78 Å². The van der Waals surface area contributed by atoms with Crippen molar-refractivity contribution in [1.29, 1.82) is 0 Å². The maximum Gasteiger partial charge on any atom is 0.290 e. The third-order valence-corrected chi connectivity index (χ3v) is 6.15. The van der Waals surface area contributed by atoms with Gasteiger partial charge in [-0.1, -0.05) is 44.2 Å². The van der Waals surface area contributed by atoms with Crippen LogP contribution in [-0.2, 0) is 4.79 Å². The second kappa shape index (κ2) is 9.58. The number of benzene rings is 2. The molecule has 2 heterocycles. The average Bonchev–Trinajstić information content (AvgIpc) is 3.37. The molecule has 1 atom stereocenters. The molecule has 4 rings (SSSR count). The second-order valence-electron chi connectivity index (χ2n) is 8.07. The van der Waals surface area contributed by atoms with Crippen LogP contribution in [0.5, 0.6) is 0 Å². The highest BCUT2D eigenvalue weighted by atomic mass is 19.1. The van der Waals surface area contributed by atoms with Gasteiger partial charge in [0.05, 0.1) is 11.6 Å². The number of amides is 1. The predicted molar refractivity (Wildman–Crippen MR) is 123 cm³/mol. The van der Waals surface area contributed by atoms with Gasteiger partial charge in [0.1, 0.15) is 11.4 Å². The summed E-state index contributed by atoms with van der Waals surface area (Å²) in [5, 5.41) is 11.5. The molecule has 1 aliphatic heterocycles. The topological polar surface area (TPSA) is 74.0 Å². The van der Waals surface area contributed by atoms with Gasteiger partial charge in [0.25, 0.3) is 5.91 Å². The van der Waals surface area contributed by atoms with Gasteiger partial charge >= 0.3 is 0 Å². The van der Waals surface area contributed by atoms with E-state index in [1.54, 1.807) is 18.2 Å². The van der Waals surface area contributed by atoms with E-state index < -0.39 is 29.3 Å². The van der Waals surface area contributed by atoms with Crippen LogP contribution in [0.25, 0.3) is 11.0 Å². The van der Waals surface area contributed by atoms with Crippen LogP contribution < -0.4 is 0 Å². The average molecular weight is 451 g/mol. The first-order valence-corrected chi connectivity index (χ1v) is 11.2. The first-order valence-electron chi connectivity index (χ1n) is 11.2. The number of hydrogen-bond acceptors (Lipinski definition) is 5. The quantitative estimate of drug-likeness (QED) is 0.470.